The molecule has 0 saturated carbocycles. The van der Waals surface area contributed by atoms with Crippen LogP contribution in [0.1, 0.15) is 35.7 Å². The second-order valence-corrected chi connectivity index (χ2v) is 6.21. The highest BCUT2D eigenvalue weighted by Crippen LogP contribution is 2.26. The Balaban J connectivity index is 1.87. The molecular weight excluding hydrogens is 292 g/mol. The minimum absolute atomic E-state index is 0.00163. The monoisotopic (exact) mass is 314 g/mol. The lowest BCUT2D eigenvalue weighted by molar-refractivity contribution is 0.0358. The number of carbonyl (C=O) groups excluding carboxylic acids is 1. The van der Waals surface area contributed by atoms with E-state index in [9.17, 15) is 9.90 Å². The Bertz CT molecular complexity index is 684. The van der Waals surface area contributed by atoms with Gasteiger partial charge in [0.05, 0.1) is 18.3 Å². The maximum absolute atomic E-state index is 12.9. The normalized spacial score (nSPS) is 21.4. The predicted molar refractivity (Wildman–Crippen MR) is 86.4 cm³/mol. The molecule has 1 aromatic heterocycles. The molecule has 2 heterocycles. The molecule has 1 amide bonds. The summed E-state index contributed by atoms with van der Waals surface area (Å²) >= 11 is 0. The lowest BCUT2D eigenvalue weighted by atomic mass is 9.90. The summed E-state index contributed by atoms with van der Waals surface area (Å²) in [7, 11) is 0. The van der Waals surface area contributed by atoms with Gasteiger partial charge in [-0.2, -0.15) is 5.10 Å². The van der Waals surface area contributed by atoms with Crippen LogP contribution in [0.4, 0.5) is 0 Å². The maximum atomic E-state index is 12.9. The fourth-order valence-electron chi connectivity index (χ4n) is 3.31. The van der Waals surface area contributed by atoms with E-state index in [-0.39, 0.29) is 18.6 Å². The van der Waals surface area contributed by atoms with Gasteiger partial charge in [-0.3, -0.25) is 4.79 Å². The first-order valence-electron chi connectivity index (χ1n) is 7.99. The fourth-order valence-corrected chi connectivity index (χ4v) is 3.31. The van der Waals surface area contributed by atoms with Crippen molar-refractivity contribution in [2.75, 3.05) is 13.2 Å². The van der Waals surface area contributed by atoms with E-state index in [4.69, 9.17) is 0 Å². The van der Waals surface area contributed by atoms with Crippen molar-refractivity contribution < 1.29 is 9.90 Å². The summed E-state index contributed by atoms with van der Waals surface area (Å²) in [6.07, 6.45) is 5.15. The van der Waals surface area contributed by atoms with Crippen molar-refractivity contribution >= 4 is 5.91 Å². The molecule has 23 heavy (non-hydrogen) atoms. The van der Waals surface area contributed by atoms with Gasteiger partial charge in [0.25, 0.3) is 5.91 Å². The number of amides is 1. The average molecular weight is 314 g/mol. The van der Waals surface area contributed by atoms with Crippen LogP contribution >= 0.6 is 0 Å². The summed E-state index contributed by atoms with van der Waals surface area (Å²) in [5.74, 6) is 0.325. The average Bonchev–Trinajstić information content (AvgIpc) is 3.08. The number of piperidine rings is 1. The maximum Gasteiger partial charge on any atom is 0.254 e. The van der Waals surface area contributed by atoms with E-state index >= 15 is 0 Å². The van der Waals surface area contributed by atoms with E-state index in [0.717, 1.165) is 24.1 Å². The highest BCUT2D eigenvalue weighted by Gasteiger charge is 2.32. The first kappa shape index (κ1) is 15.7. The Morgan fingerprint density at radius 3 is 2.91 bits per heavy atom. The molecule has 0 radical (unpaired) electrons. The van der Waals surface area contributed by atoms with Crippen molar-refractivity contribution in [3.8, 4) is 5.69 Å². The number of aryl methyl sites for hydroxylation is 1. The molecule has 0 bridgehead atoms. The summed E-state index contributed by atoms with van der Waals surface area (Å²) in [4.78, 5) is 18.7. The summed E-state index contributed by atoms with van der Waals surface area (Å²) in [5, 5.41) is 13.8. The van der Waals surface area contributed by atoms with Crippen LogP contribution in [0.5, 0.6) is 0 Å². The molecule has 0 aliphatic carbocycles. The van der Waals surface area contributed by atoms with Crippen molar-refractivity contribution in [3.05, 3.63) is 42.0 Å². The Kier molecular flexibility index (Phi) is 4.43. The van der Waals surface area contributed by atoms with Gasteiger partial charge >= 0.3 is 0 Å². The van der Waals surface area contributed by atoms with E-state index in [1.165, 1.54) is 6.33 Å². The third-order valence-electron chi connectivity index (χ3n) is 4.69. The molecule has 1 aromatic carbocycles. The summed E-state index contributed by atoms with van der Waals surface area (Å²) < 4.78 is 1.67. The molecule has 3 rings (SSSR count). The number of aromatic nitrogens is 3. The molecule has 6 nitrogen and oxygen atoms in total. The molecule has 2 aromatic rings. The smallest absolute Gasteiger partial charge is 0.254 e. The molecule has 1 aliphatic rings. The van der Waals surface area contributed by atoms with Crippen LogP contribution in [0, 0.1) is 12.8 Å². The first-order valence-corrected chi connectivity index (χ1v) is 7.99. The first-order chi connectivity index (χ1) is 11.1. The van der Waals surface area contributed by atoms with Crippen molar-refractivity contribution in [1.29, 1.82) is 0 Å². The molecule has 1 saturated heterocycles. The fraction of sp³-hybridized carbons (Fsp3) is 0.471. The quantitative estimate of drug-likeness (QED) is 0.938. The zero-order chi connectivity index (χ0) is 16.4. The van der Waals surface area contributed by atoms with E-state index in [0.29, 0.717) is 18.0 Å². The number of carbonyl (C=O) groups is 1. The van der Waals surface area contributed by atoms with Crippen molar-refractivity contribution in [3.63, 3.8) is 0 Å². The number of hydrogen-bond acceptors (Lipinski definition) is 4. The minimum Gasteiger partial charge on any atom is -0.394 e. The van der Waals surface area contributed by atoms with Crippen LogP contribution in [0.15, 0.2) is 30.9 Å². The van der Waals surface area contributed by atoms with Crippen LogP contribution in [0.25, 0.3) is 5.69 Å². The van der Waals surface area contributed by atoms with Gasteiger partial charge in [-0.15, -0.1) is 0 Å². The molecule has 0 spiro atoms. The highest BCUT2D eigenvalue weighted by atomic mass is 16.3. The van der Waals surface area contributed by atoms with Crippen LogP contribution in [0.2, 0.25) is 0 Å². The number of hydrogen-bond donors (Lipinski definition) is 1. The zero-order valence-corrected chi connectivity index (χ0v) is 13.5. The van der Waals surface area contributed by atoms with Gasteiger partial charge in [0, 0.05) is 12.1 Å². The number of aliphatic hydroxyl groups is 1. The number of aliphatic hydroxyl groups excluding tert-OH is 1. The third-order valence-corrected chi connectivity index (χ3v) is 4.69. The molecular formula is C17H22N4O2. The molecule has 1 N–H and O–H groups in total. The zero-order valence-electron chi connectivity index (χ0n) is 13.5. The minimum atomic E-state index is -0.0920. The Labute approximate surface area is 135 Å². The molecule has 1 aliphatic heterocycles. The van der Waals surface area contributed by atoms with Crippen molar-refractivity contribution in [2.45, 2.75) is 32.7 Å². The predicted octanol–water partition coefficient (Wildman–Crippen LogP) is 1.81. The topological polar surface area (TPSA) is 71.2 Å². The third kappa shape index (κ3) is 2.99. The standard InChI is InChI=1S/C17H22N4O2/c1-12-4-3-7-20(16(12)9-22)17(23)15-6-5-14(8-13(15)2)21-11-18-10-19-21/h5-6,8,10-12,16,22H,3-4,7,9H2,1-2H3. The van der Waals surface area contributed by atoms with Gasteiger partial charge in [0.2, 0.25) is 0 Å². The summed E-state index contributed by atoms with van der Waals surface area (Å²) in [5.41, 5.74) is 2.46. The second kappa shape index (κ2) is 6.50. The van der Waals surface area contributed by atoms with Gasteiger partial charge in [-0.1, -0.05) is 6.92 Å². The van der Waals surface area contributed by atoms with Gasteiger partial charge < -0.3 is 10.0 Å². The Hall–Kier alpha value is -2.21. The second-order valence-electron chi connectivity index (χ2n) is 6.21. The van der Waals surface area contributed by atoms with Gasteiger partial charge in [0.1, 0.15) is 12.7 Å². The van der Waals surface area contributed by atoms with Crippen LogP contribution in [-0.4, -0.2) is 49.9 Å². The number of rotatable bonds is 3. The van der Waals surface area contributed by atoms with E-state index < -0.39 is 0 Å². The van der Waals surface area contributed by atoms with Crippen LogP contribution in [0.3, 0.4) is 0 Å². The van der Waals surface area contributed by atoms with Crippen molar-refractivity contribution in [1.82, 2.24) is 19.7 Å². The number of likely N-dealkylation sites (tertiary alicyclic amines) is 1. The SMILES string of the molecule is Cc1cc(-n2cncn2)ccc1C(=O)N1CCCC(C)C1CO. The number of benzene rings is 1. The van der Waals surface area contributed by atoms with Crippen LogP contribution < -0.4 is 0 Å². The molecule has 6 heteroatoms. The Morgan fingerprint density at radius 1 is 1.43 bits per heavy atom. The number of nitrogens with zero attached hydrogens (tertiary/aromatic N) is 4. The van der Waals surface area contributed by atoms with Crippen LogP contribution in [-0.2, 0) is 0 Å². The highest BCUT2D eigenvalue weighted by molar-refractivity contribution is 5.96. The molecule has 122 valence electrons. The lowest BCUT2D eigenvalue weighted by Gasteiger charge is -2.39. The van der Waals surface area contributed by atoms with E-state index in [1.54, 1.807) is 11.0 Å². The van der Waals surface area contributed by atoms with Crippen molar-refractivity contribution in [2.24, 2.45) is 5.92 Å². The van der Waals surface area contributed by atoms with Gasteiger partial charge in [-0.25, -0.2) is 9.67 Å². The lowest BCUT2D eigenvalue weighted by Crippen LogP contribution is -2.49. The largest absolute Gasteiger partial charge is 0.394 e. The van der Waals surface area contributed by atoms with Gasteiger partial charge in [-0.05, 0) is 49.4 Å². The van der Waals surface area contributed by atoms with E-state index in [2.05, 4.69) is 17.0 Å². The Morgan fingerprint density at radius 2 is 2.26 bits per heavy atom. The van der Waals surface area contributed by atoms with E-state index in [1.807, 2.05) is 30.0 Å². The summed E-state index contributed by atoms with van der Waals surface area (Å²) in [6.45, 7) is 4.75. The molecule has 1 fully saturated rings. The summed E-state index contributed by atoms with van der Waals surface area (Å²) in [6, 6.07) is 5.55. The molecule has 2 atom stereocenters. The molecule has 2 unspecified atom stereocenters. The van der Waals surface area contributed by atoms with Gasteiger partial charge in [0.15, 0.2) is 0 Å².